The largest absolute Gasteiger partial charge is 0.178 e. The van der Waals surface area contributed by atoms with Crippen LogP contribution in [0.2, 0.25) is 5.02 Å². The molecule has 66 valence electrons. The number of tetrazole rings is 1. The van der Waals surface area contributed by atoms with Crippen molar-refractivity contribution in [2.45, 2.75) is 6.42 Å². The summed E-state index contributed by atoms with van der Waals surface area (Å²) in [6, 6.07) is 7.57. The van der Waals surface area contributed by atoms with Crippen molar-refractivity contribution < 1.29 is 0 Å². The smallest absolute Gasteiger partial charge is 0.177 e. The van der Waals surface area contributed by atoms with Crippen molar-refractivity contribution in [2.24, 2.45) is 0 Å². The molecule has 1 aromatic carbocycles. The number of benzene rings is 1. The van der Waals surface area contributed by atoms with E-state index in [0.29, 0.717) is 12.2 Å². The third-order valence-electron chi connectivity index (χ3n) is 1.66. The van der Waals surface area contributed by atoms with Crippen LogP contribution in [0.4, 0.5) is 0 Å². The molecule has 1 aromatic heterocycles. The van der Waals surface area contributed by atoms with E-state index < -0.39 is 0 Å². The van der Waals surface area contributed by atoms with Gasteiger partial charge in [-0.2, -0.15) is 5.21 Å². The molecule has 0 unspecified atom stereocenters. The molecule has 0 saturated carbocycles. The molecule has 4 nitrogen and oxygen atoms in total. The summed E-state index contributed by atoms with van der Waals surface area (Å²) in [6.45, 7) is 0. The lowest BCUT2D eigenvalue weighted by Gasteiger charge is -1.95. The number of halogens is 1. The summed E-state index contributed by atoms with van der Waals surface area (Å²) in [5.41, 5.74) is 1.12. The van der Waals surface area contributed by atoms with Crippen LogP contribution in [0.1, 0.15) is 11.4 Å². The standard InChI is InChI=1S/C8H7ClN4/c9-7-3-1-6(2-4-7)5-8-10-12-13-11-8/h1-4H,5H2,(H,10,11,12,13). The van der Waals surface area contributed by atoms with E-state index in [1.165, 1.54) is 0 Å². The minimum Gasteiger partial charge on any atom is -0.177 e. The van der Waals surface area contributed by atoms with Gasteiger partial charge in [-0.3, -0.25) is 0 Å². The second-order valence-corrected chi connectivity index (χ2v) is 3.07. The van der Waals surface area contributed by atoms with Crippen molar-refractivity contribution in [3.63, 3.8) is 0 Å². The molecule has 0 aliphatic rings. The molecule has 13 heavy (non-hydrogen) atoms. The molecule has 0 bridgehead atoms. The van der Waals surface area contributed by atoms with E-state index in [-0.39, 0.29) is 0 Å². The molecule has 0 aliphatic heterocycles. The van der Waals surface area contributed by atoms with Gasteiger partial charge in [0.05, 0.1) is 0 Å². The van der Waals surface area contributed by atoms with Gasteiger partial charge in [0.25, 0.3) is 0 Å². The van der Waals surface area contributed by atoms with Gasteiger partial charge in [-0.05, 0) is 17.7 Å². The van der Waals surface area contributed by atoms with Crippen LogP contribution < -0.4 is 0 Å². The number of rotatable bonds is 2. The average molecular weight is 195 g/mol. The van der Waals surface area contributed by atoms with Crippen molar-refractivity contribution in [3.8, 4) is 0 Å². The number of hydrogen-bond acceptors (Lipinski definition) is 3. The Kier molecular flexibility index (Phi) is 2.23. The summed E-state index contributed by atoms with van der Waals surface area (Å²) >= 11 is 5.74. The van der Waals surface area contributed by atoms with Crippen molar-refractivity contribution in [2.75, 3.05) is 0 Å². The average Bonchev–Trinajstić information content (AvgIpc) is 2.62. The number of aromatic amines is 1. The summed E-state index contributed by atoms with van der Waals surface area (Å²) in [4.78, 5) is 0. The number of hydrogen-bond donors (Lipinski definition) is 1. The van der Waals surface area contributed by atoms with Gasteiger partial charge in [-0.1, -0.05) is 28.9 Å². The van der Waals surface area contributed by atoms with Crippen molar-refractivity contribution in [1.82, 2.24) is 20.6 Å². The Balaban J connectivity index is 2.15. The summed E-state index contributed by atoms with van der Waals surface area (Å²) in [6.07, 6.45) is 0.674. The molecule has 2 rings (SSSR count). The predicted molar refractivity (Wildman–Crippen MR) is 48.4 cm³/mol. The van der Waals surface area contributed by atoms with E-state index >= 15 is 0 Å². The third-order valence-corrected chi connectivity index (χ3v) is 1.92. The van der Waals surface area contributed by atoms with Gasteiger partial charge in [0.15, 0.2) is 5.82 Å². The Labute approximate surface area is 79.9 Å². The zero-order valence-electron chi connectivity index (χ0n) is 6.74. The molecule has 0 saturated heterocycles. The third kappa shape index (κ3) is 2.03. The molecule has 0 spiro atoms. The van der Waals surface area contributed by atoms with Gasteiger partial charge >= 0.3 is 0 Å². The minimum absolute atomic E-state index is 0.674. The normalized spacial score (nSPS) is 10.2. The van der Waals surface area contributed by atoms with Crippen LogP contribution in [0, 0.1) is 0 Å². The minimum atomic E-state index is 0.674. The topological polar surface area (TPSA) is 54.5 Å². The molecule has 5 heteroatoms. The van der Waals surface area contributed by atoms with Gasteiger partial charge in [-0.25, -0.2) is 0 Å². The lowest BCUT2D eigenvalue weighted by atomic mass is 10.1. The van der Waals surface area contributed by atoms with E-state index in [2.05, 4.69) is 20.6 Å². The highest BCUT2D eigenvalue weighted by Gasteiger charge is 1.99. The number of aromatic nitrogens is 4. The second-order valence-electron chi connectivity index (χ2n) is 2.63. The Bertz CT molecular complexity index is 368. The zero-order chi connectivity index (χ0) is 9.10. The highest BCUT2D eigenvalue weighted by molar-refractivity contribution is 6.30. The quantitative estimate of drug-likeness (QED) is 0.787. The van der Waals surface area contributed by atoms with E-state index in [0.717, 1.165) is 10.6 Å². The summed E-state index contributed by atoms with van der Waals surface area (Å²) in [5, 5.41) is 14.3. The van der Waals surface area contributed by atoms with Crippen molar-refractivity contribution in [1.29, 1.82) is 0 Å². The van der Waals surface area contributed by atoms with Crippen LogP contribution in [0.3, 0.4) is 0 Å². The molecular weight excluding hydrogens is 188 g/mol. The first kappa shape index (κ1) is 8.19. The molecule has 1 heterocycles. The Hall–Kier alpha value is -1.42. The molecule has 0 radical (unpaired) electrons. The van der Waals surface area contributed by atoms with Crippen LogP contribution in [-0.4, -0.2) is 20.6 Å². The first-order chi connectivity index (χ1) is 6.34. The molecule has 0 aliphatic carbocycles. The maximum absolute atomic E-state index is 5.74. The van der Waals surface area contributed by atoms with Crippen molar-refractivity contribution >= 4 is 11.6 Å². The first-order valence-electron chi connectivity index (χ1n) is 3.81. The molecule has 0 fully saturated rings. The van der Waals surface area contributed by atoms with Crippen LogP contribution in [0.25, 0.3) is 0 Å². The van der Waals surface area contributed by atoms with Gasteiger partial charge in [0.2, 0.25) is 0 Å². The van der Waals surface area contributed by atoms with Crippen molar-refractivity contribution in [3.05, 3.63) is 40.7 Å². The number of nitrogens with zero attached hydrogens (tertiary/aromatic N) is 3. The predicted octanol–water partition coefficient (Wildman–Crippen LogP) is 1.44. The van der Waals surface area contributed by atoms with Crippen LogP contribution >= 0.6 is 11.6 Å². The van der Waals surface area contributed by atoms with E-state index in [9.17, 15) is 0 Å². The van der Waals surface area contributed by atoms with Gasteiger partial charge in [0, 0.05) is 11.4 Å². The lowest BCUT2D eigenvalue weighted by Crippen LogP contribution is -1.90. The van der Waals surface area contributed by atoms with Gasteiger partial charge in [-0.15, -0.1) is 10.2 Å². The molecular formula is C8H7ClN4. The summed E-state index contributed by atoms with van der Waals surface area (Å²) in [7, 11) is 0. The Morgan fingerprint density at radius 2 is 2.00 bits per heavy atom. The fourth-order valence-electron chi connectivity index (χ4n) is 1.04. The number of H-pyrrole nitrogens is 1. The van der Waals surface area contributed by atoms with Crippen LogP contribution in [0.5, 0.6) is 0 Å². The fraction of sp³-hybridized carbons (Fsp3) is 0.125. The van der Waals surface area contributed by atoms with E-state index in [1.54, 1.807) is 0 Å². The highest BCUT2D eigenvalue weighted by atomic mass is 35.5. The highest BCUT2D eigenvalue weighted by Crippen LogP contribution is 2.11. The van der Waals surface area contributed by atoms with Gasteiger partial charge < -0.3 is 0 Å². The summed E-state index contributed by atoms with van der Waals surface area (Å²) < 4.78 is 0. The molecule has 2 aromatic rings. The second kappa shape index (κ2) is 3.53. The SMILES string of the molecule is Clc1ccc(Cc2nn[nH]n2)cc1. The maximum Gasteiger partial charge on any atom is 0.178 e. The fourth-order valence-corrected chi connectivity index (χ4v) is 1.17. The van der Waals surface area contributed by atoms with E-state index in [4.69, 9.17) is 11.6 Å². The summed E-state index contributed by atoms with van der Waals surface area (Å²) in [5.74, 6) is 0.683. The van der Waals surface area contributed by atoms with Crippen LogP contribution in [-0.2, 0) is 6.42 Å². The maximum atomic E-state index is 5.74. The monoisotopic (exact) mass is 194 g/mol. The number of nitrogens with one attached hydrogen (secondary N) is 1. The van der Waals surface area contributed by atoms with E-state index in [1.807, 2.05) is 24.3 Å². The zero-order valence-corrected chi connectivity index (χ0v) is 7.49. The molecule has 1 N–H and O–H groups in total. The Morgan fingerprint density at radius 1 is 1.23 bits per heavy atom. The van der Waals surface area contributed by atoms with Gasteiger partial charge in [0.1, 0.15) is 0 Å². The molecule has 0 atom stereocenters. The lowest BCUT2D eigenvalue weighted by molar-refractivity contribution is 0.881. The first-order valence-corrected chi connectivity index (χ1v) is 4.19. The Morgan fingerprint density at radius 3 is 2.62 bits per heavy atom. The molecule has 0 amide bonds. The van der Waals surface area contributed by atoms with Crippen LogP contribution in [0.15, 0.2) is 24.3 Å².